The van der Waals surface area contributed by atoms with Crippen molar-refractivity contribution in [1.82, 2.24) is 9.88 Å². The highest BCUT2D eigenvalue weighted by Crippen LogP contribution is 2.22. The molecule has 0 saturated heterocycles. The number of urea groups is 1. The number of anilines is 1. The normalized spacial score (nSPS) is 10.6. The second kappa shape index (κ2) is 9.98. The lowest BCUT2D eigenvalue weighted by Crippen LogP contribution is -2.34. The van der Waals surface area contributed by atoms with Crippen molar-refractivity contribution < 1.29 is 14.3 Å². The van der Waals surface area contributed by atoms with Gasteiger partial charge in [0.1, 0.15) is 0 Å². The van der Waals surface area contributed by atoms with Crippen molar-refractivity contribution in [2.75, 3.05) is 11.9 Å². The Hall–Kier alpha value is -3.54. The standard InChI is InChI=1S/C25H29N3O3/c1-5-31-24(29)23-18(3)22(26-19(23)4)16-28(15-20-13-11-17(2)12-14-20)25(30)27-21-9-7-6-8-10-21/h6-14,26H,5,15-16H2,1-4H3,(H,27,30). The molecule has 2 N–H and O–H groups in total. The maximum atomic E-state index is 13.1. The number of hydrogen-bond donors (Lipinski definition) is 2. The Morgan fingerprint density at radius 3 is 2.29 bits per heavy atom. The van der Waals surface area contributed by atoms with E-state index in [9.17, 15) is 9.59 Å². The van der Waals surface area contributed by atoms with Crippen LogP contribution in [0.15, 0.2) is 54.6 Å². The number of rotatable bonds is 7. The molecule has 0 radical (unpaired) electrons. The Balaban J connectivity index is 1.87. The Kier molecular flexibility index (Phi) is 7.13. The summed E-state index contributed by atoms with van der Waals surface area (Å²) < 4.78 is 5.19. The van der Waals surface area contributed by atoms with Crippen molar-refractivity contribution in [3.05, 3.63) is 88.2 Å². The maximum absolute atomic E-state index is 13.1. The average Bonchev–Trinajstić information content (AvgIpc) is 3.03. The van der Waals surface area contributed by atoms with Crippen LogP contribution in [0.1, 0.15) is 45.4 Å². The van der Waals surface area contributed by atoms with Gasteiger partial charge in [0.25, 0.3) is 0 Å². The fourth-order valence-electron chi connectivity index (χ4n) is 3.51. The molecule has 0 saturated carbocycles. The molecule has 162 valence electrons. The van der Waals surface area contributed by atoms with E-state index in [2.05, 4.69) is 10.3 Å². The van der Waals surface area contributed by atoms with Gasteiger partial charge in [-0.05, 0) is 51.0 Å². The number of aryl methyl sites for hydroxylation is 2. The number of hydrogen-bond acceptors (Lipinski definition) is 3. The zero-order chi connectivity index (χ0) is 22.4. The molecule has 3 rings (SSSR count). The van der Waals surface area contributed by atoms with Gasteiger partial charge in [-0.15, -0.1) is 0 Å². The van der Waals surface area contributed by atoms with Crippen LogP contribution in [-0.4, -0.2) is 28.5 Å². The first kappa shape index (κ1) is 22.2. The number of aromatic amines is 1. The van der Waals surface area contributed by atoms with Crippen LogP contribution < -0.4 is 5.32 Å². The van der Waals surface area contributed by atoms with E-state index in [0.717, 1.165) is 28.2 Å². The summed E-state index contributed by atoms with van der Waals surface area (Å²) in [7, 11) is 0. The molecule has 1 heterocycles. The molecule has 0 spiro atoms. The predicted octanol–water partition coefficient (Wildman–Crippen LogP) is 5.35. The number of para-hydroxylation sites is 1. The lowest BCUT2D eigenvalue weighted by Gasteiger charge is -2.23. The summed E-state index contributed by atoms with van der Waals surface area (Å²) in [6, 6.07) is 17.3. The predicted molar refractivity (Wildman–Crippen MR) is 122 cm³/mol. The highest BCUT2D eigenvalue weighted by atomic mass is 16.5. The second-order valence-corrected chi connectivity index (χ2v) is 7.59. The largest absolute Gasteiger partial charge is 0.462 e. The molecular weight excluding hydrogens is 390 g/mol. The number of nitrogens with zero attached hydrogens (tertiary/aromatic N) is 1. The first-order valence-electron chi connectivity index (χ1n) is 10.4. The van der Waals surface area contributed by atoms with Gasteiger partial charge in [0, 0.05) is 23.6 Å². The summed E-state index contributed by atoms with van der Waals surface area (Å²) >= 11 is 0. The number of carbonyl (C=O) groups is 2. The van der Waals surface area contributed by atoms with Crippen LogP contribution in [0.25, 0.3) is 0 Å². The van der Waals surface area contributed by atoms with Gasteiger partial charge in [-0.3, -0.25) is 0 Å². The van der Waals surface area contributed by atoms with Crippen molar-refractivity contribution >= 4 is 17.7 Å². The number of amides is 2. The molecule has 2 amide bonds. The lowest BCUT2D eigenvalue weighted by atomic mass is 10.1. The molecule has 2 aromatic carbocycles. The van der Waals surface area contributed by atoms with Crippen molar-refractivity contribution in [3.63, 3.8) is 0 Å². The van der Waals surface area contributed by atoms with Gasteiger partial charge < -0.3 is 19.9 Å². The minimum Gasteiger partial charge on any atom is -0.462 e. The van der Waals surface area contributed by atoms with E-state index in [1.165, 1.54) is 5.56 Å². The minimum atomic E-state index is -0.348. The van der Waals surface area contributed by atoms with E-state index in [4.69, 9.17) is 4.74 Å². The molecule has 0 aliphatic heterocycles. The van der Waals surface area contributed by atoms with Gasteiger partial charge in [-0.25, -0.2) is 9.59 Å². The zero-order valence-electron chi connectivity index (χ0n) is 18.5. The van der Waals surface area contributed by atoms with E-state index in [0.29, 0.717) is 25.3 Å². The molecule has 31 heavy (non-hydrogen) atoms. The summed E-state index contributed by atoms with van der Waals surface area (Å²) in [4.78, 5) is 30.5. The topological polar surface area (TPSA) is 74.4 Å². The quantitative estimate of drug-likeness (QED) is 0.507. The number of benzene rings is 2. The fraction of sp³-hybridized carbons (Fsp3) is 0.280. The Morgan fingerprint density at radius 1 is 0.968 bits per heavy atom. The molecule has 0 fully saturated rings. The van der Waals surface area contributed by atoms with Gasteiger partial charge in [-0.2, -0.15) is 0 Å². The Morgan fingerprint density at radius 2 is 1.65 bits per heavy atom. The van der Waals surface area contributed by atoms with Crippen molar-refractivity contribution in [2.24, 2.45) is 0 Å². The highest BCUT2D eigenvalue weighted by molar-refractivity contribution is 5.93. The van der Waals surface area contributed by atoms with Crippen LogP contribution in [-0.2, 0) is 17.8 Å². The molecule has 6 nitrogen and oxygen atoms in total. The van der Waals surface area contributed by atoms with Gasteiger partial charge in [0.05, 0.1) is 18.7 Å². The van der Waals surface area contributed by atoms with Crippen LogP contribution in [0.4, 0.5) is 10.5 Å². The first-order chi connectivity index (χ1) is 14.9. The second-order valence-electron chi connectivity index (χ2n) is 7.59. The summed E-state index contributed by atoms with van der Waals surface area (Å²) in [5.74, 6) is -0.348. The third kappa shape index (κ3) is 5.54. The van der Waals surface area contributed by atoms with Crippen molar-refractivity contribution in [3.8, 4) is 0 Å². The number of ether oxygens (including phenoxy) is 1. The van der Waals surface area contributed by atoms with Crippen molar-refractivity contribution in [2.45, 2.75) is 40.8 Å². The third-order valence-electron chi connectivity index (χ3n) is 5.18. The molecule has 0 atom stereocenters. The number of carbonyl (C=O) groups excluding carboxylic acids is 2. The van der Waals surface area contributed by atoms with E-state index >= 15 is 0 Å². The molecule has 0 unspecified atom stereocenters. The summed E-state index contributed by atoms with van der Waals surface area (Å²) in [6.45, 7) is 8.63. The summed E-state index contributed by atoms with van der Waals surface area (Å²) in [6.07, 6.45) is 0. The first-order valence-corrected chi connectivity index (χ1v) is 10.4. The third-order valence-corrected chi connectivity index (χ3v) is 5.18. The number of aromatic nitrogens is 1. The molecule has 0 bridgehead atoms. The lowest BCUT2D eigenvalue weighted by molar-refractivity contribution is 0.0525. The smallest absolute Gasteiger partial charge is 0.340 e. The zero-order valence-corrected chi connectivity index (χ0v) is 18.5. The monoisotopic (exact) mass is 419 g/mol. The van der Waals surface area contributed by atoms with Crippen LogP contribution in [0, 0.1) is 20.8 Å². The summed E-state index contributed by atoms with van der Waals surface area (Å²) in [5.41, 5.74) is 5.82. The Bertz CT molecular complexity index is 1040. The van der Waals surface area contributed by atoms with Crippen molar-refractivity contribution in [1.29, 1.82) is 0 Å². The number of H-pyrrole nitrogens is 1. The summed E-state index contributed by atoms with van der Waals surface area (Å²) in [5, 5.41) is 2.96. The van der Waals surface area contributed by atoms with Gasteiger partial charge >= 0.3 is 12.0 Å². The van der Waals surface area contributed by atoms with Gasteiger partial charge in [-0.1, -0.05) is 48.0 Å². The van der Waals surface area contributed by atoms with Crippen LogP contribution >= 0.6 is 0 Å². The number of nitrogens with one attached hydrogen (secondary N) is 2. The SMILES string of the molecule is CCOC(=O)c1c(C)[nH]c(CN(Cc2ccc(C)cc2)C(=O)Nc2ccccc2)c1C. The maximum Gasteiger partial charge on any atom is 0.340 e. The van der Waals surface area contributed by atoms with E-state index in [1.54, 1.807) is 11.8 Å². The molecule has 6 heteroatoms. The highest BCUT2D eigenvalue weighted by Gasteiger charge is 2.22. The van der Waals surface area contributed by atoms with E-state index in [-0.39, 0.29) is 12.0 Å². The van der Waals surface area contributed by atoms with Gasteiger partial charge in [0.2, 0.25) is 0 Å². The molecule has 1 aromatic heterocycles. The van der Waals surface area contributed by atoms with E-state index < -0.39 is 0 Å². The van der Waals surface area contributed by atoms with E-state index in [1.807, 2.05) is 75.4 Å². The van der Waals surface area contributed by atoms with Crippen LogP contribution in [0.5, 0.6) is 0 Å². The van der Waals surface area contributed by atoms with Gasteiger partial charge in [0.15, 0.2) is 0 Å². The molecule has 3 aromatic rings. The number of esters is 1. The van der Waals surface area contributed by atoms with Crippen LogP contribution in [0.3, 0.4) is 0 Å². The van der Waals surface area contributed by atoms with Crippen LogP contribution in [0.2, 0.25) is 0 Å². The average molecular weight is 420 g/mol. The molecule has 0 aliphatic carbocycles. The molecule has 0 aliphatic rings. The fourth-order valence-corrected chi connectivity index (χ4v) is 3.51. The molecular formula is C25H29N3O3. The Labute approximate surface area is 183 Å². The minimum absolute atomic E-state index is 0.212.